The van der Waals surface area contributed by atoms with E-state index in [1.165, 1.54) is 6.42 Å². The Morgan fingerprint density at radius 3 is 2.46 bits per heavy atom. The maximum absolute atomic E-state index is 9.79. The lowest BCUT2D eigenvalue weighted by atomic mass is 9.90. The number of nitrogens with zero attached hydrogens (tertiary/aromatic N) is 1. The van der Waals surface area contributed by atoms with Gasteiger partial charge in [0.2, 0.25) is 0 Å². The van der Waals surface area contributed by atoms with Crippen LogP contribution in [0.2, 0.25) is 0 Å². The molecule has 1 fully saturated rings. The predicted molar refractivity (Wildman–Crippen MR) is 55.8 cm³/mol. The molecule has 2 heteroatoms. The van der Waals surface area contributed by atoms with Gasteiger partial charge >= 0.3 is 0 Å². The summed E-state index contributed by atoms with van der Waals surface area (Å²) in [6, 6.07) is 0. The van der Waals surface area contributed by atoms with Crippen LogP contribution in [0.4, 0.5) is 0 Å². The first-order valence-electron chi connectivity index (χ1n) is 5.29. The van der Waals surface area contributed by atoms with Gasteiger partial charge in [-0.05, 0) is 25.2 Å². The normalized spacial score (nSPS) is 31.2. The van der Waals surface area contributed by atoms with Gasteiger partial charge in [0.1, 0.15) is 0 Å². The number of β-amino-alcohol motifs (C(OH)–C–C–N with tert-alkyl or cyclic N) is 1. The van der Waals surface area contributed by atoms with E-state index in [2.05, 4.69) is 25.7 Å². The summed E-state index contributed by atoms with van der Waals surface area (Å²) >= 11 is 0. The molecule has 0 spiro atoms. The molecule has 0 aromatic carbocycles. The molecule has 0 amide bonds. The highest BCUT2D eigenvalue weighted by atomic mass is 16.3. The fraction of sp³-hybridized carbons (Fsp3) is 1.00. The maximum Gasteiger partial charge on any atom is 0.0758 e. The number of likely N-dealkylation sites (tertiary alicyclic amines) is 1. The molecule has 1 rings (SSSR count). The third-order valence-electron chi connectivity index (χ3n) is 3.14. The quantitative estimate of drug-likeness (QED) is 0.725. The van der Waals surface area contributed by atoms with E-state index in [0.29, 0.717) is 5.41 Å². The lowest BCUT2D eigenvalue weighted by Crippen LogP contribution is -2.35. The SMILES string of the molecule is CCC(C)(C)CN1CCC(C)(O)C1. The van der Waals surface area contributed by atoms with Crippen molar-refractivity contribution in [1.82, 2.24) is 4.90 Å². The van der Waals surface area contributed by atoms with Gasteiger partial charge in [-0.2, -0.15) is 0 Å². The standard InChI is InChI=1S/C11H23NO/c1-5-10(2,3)8-12-7-6-11(4,13)9-12/h13H,5-9H2,1-4H3. The summed E-state index contributed by atoms with van der Waals surface area (Å²) < 4.78 is 0. The zero-order valence-corrected chi connectivity index (χ0v) is 9.43. The Kier molecular flexibility index (Phi) is 3.03. The largest absolute Gasteiger partial charge is 0.389 e. The van der Waals surface area contributed by atoms with Gasteiger partial charge in [-0.3, -0.25) is 4.90 Å². The zero-order valence-electron chi connectivity index (χ0n) is 9.43. The second-order valence-electron chi connectivity index (χ2n) is 5.48. The summed E-state index contributed by atoms with van der Waals surface area (Å²) in [4.78, 5) is 2.38. The molecular formula is C11H23NO. The summed E-state index contributed by atoms with van der Waals surface area (Å²) in [5, 5.41) is 9.79. The average Bonchev–Trinajstić information content (AvgIpc) is 2.29. The second-order valence-corrected chi connectivity index (χ2v) is 5.48. The average molecular weight is 185 g/mol. The van der Waals surface area contributed by atoms with Crippen LogP contribution in [0.25, 0.3) is 0 Å². The molecule has 0 saturated carbocycles. The highest BCUT2D eigenvalue weighted by Gasteiger charge is 2.33. The van der Waals surface area contributed by atoms with Crippen molar-refractivity contribution in [3.05, 3.63) is 0 Å². The summed E-state index contributed by atoms with van der Waals surface area (Å²) in [5.74, 6) is 0. The van der Waals surface area contributed by atoms with E-state index in [1.807, 2.05) is 6.92 Å². The Balaban J connectivity index is 2.40. The summed E-state index contributed by atoms with van der Waals surface area (Å²) in [5.41, 5.74) is -0.0513. The lowest BCUT2D eigenvalue weighted by molar-refractivity contribution is 0.0629. The molecule has 78 valence electrons. The van der Waals surface area contributed by atoms with Crippen molar-refractivity contribution in [2.75, 3.05) is 19.6 Å². The van der Waals surface area contributed by atoms with E-state index in [9.17, 15) is 5.11 Å². The van der Waals surface area contributed by atoms with Crippen LogP contribution in [0.3, 0.4) is 0 Å². The Morgan fingerprint density at radius 1 is 1.46 bits per heavy atom. The van der Waals surface area contributed by atoms with E-state index < -0.39 is 5.60 Å². The first-order chi connectivity index (χ1) is 5.85. The Labute approximate surface area is 81.9 Å². The molecule has 1 saturated heterocycles. The topological polar surface area (TPSA) is 23.5 Å². The molecule has 2 nitrogen and oxygen atoms in total. The van der Waals surface area contributed by atoms with E-state index >= 15 is 0 Å². The molecule has 13 heavy (non-hydrogen) atoms. The van der Waals surface area contributed by atoms with E-state index in [4.69, 9.17) is 0 Å². The van der Waals surface area contributed by atoms with Gasteiger partial charge < -0.3 is 5.11 Å². The minimum absolute atomic E-state index is 0.389. The second kappa shape index (κ2) is 3.58. The highest BCUT2D eigenvalue weighted by Crippen LogP contribution is 2.26. The Morgan fingerprint density at radius 2 is 2.08 bits per heavy atom. The van der Waals surface area contributed by atoms with Gasteiger partial charge in [0.15, 0.2) is 0 Å². The van der Waals surface area contributed by atoms with Crippen molar-refractivity contribution >= 4 is 0 Å². The Bertz CT molecular complexity index is 175. The molecule has 0 aliphatic carbocycles. The van der Waals surface area contributed by atoms with Crippen molar-refractivity contribution < 1.29 is 5.11 Å². The van der Waals surface area contributed by atoms with Gasteiger partial charge in [0.05, 0.1) is 5.60 Å². The van der Waals surface area contributed by atoms with E-state index in [1.54, 1.807) is 0 Å². The van der Waals surface area contributed by atoms with Crippen molar-refractivity contribution in [2.45, 2.75) is 46.1 Å². The molecular weight excluding hydrogens is 162 g/mol. The van der Waals surface area contributed by atoms with Crippen LogP contribution in [-0.4, -0.2) is 35.2 Å². The molecule has 0 radical (unpaired) electrons. The van der Waals surface area contributed by atoms with Gasteiger partial charge in [-0.1, -0.05) is 20.8 Å². The highest BCUT2D eigenvalue weighted by molar-refractivity contribution is 4.87. The third-order valence-corrected chi connectivity index (χ3v) is 3.14. The molecule has 1 unspecified atom stereocenters. The number of aliphatic hydroxyl groups is 1. The third kappa shape index (κ3) is 3.28. The maximum atomic E-state index is 9.79. The van der Waals surface area contributed by atoms with Crippen LogP contribution in [0.1, 0.15) is 40.5 Å². The van der Waals surface area contributed by atoms with Crippen LogP contribution in [0.15, 0.2) is 0 Å². The molecule has 1 aliphatic rings. The van der Waals surface area contributed by atoms with E-state index in [-0.39, 0.29) is 0 Å². The first-order valence-corrected chi connectivity index (χ1v) is 5.29. The van der Waals surface area contributed by atoms with Crippen LogP contribution < -0.4 is 0 Å². The Hall–Kier alpha value is -0.0800. The van der Waals surface area contributed by atoms with Gasteiger partial charge in [-0.25, -0.2) is 0 Å². The number of hydrogen-bond donors (Lipinski definition) is 1. The van der Waals surface area contributed by atoms with Crippen molar-refractivity contribution in [3.8, 4) is 0 Å². The zero-order chi connectivity index (χ0) is 10.1. The fourth-order valence-electron chi connectivity index (χ4n) is 1.89. The number of hydrogen-bond acceptors (Lipinski definition) is 2. The molecule has 1 aliphatic heterocycles. The van der Waals surface area contributed by atoms with Crippen molar-refractivity contribution in [2.24, 2.45) is 5.41 Å². The summed E-state index contributed by atoms with van der Waals surface area (Å²) in [6.45, 7) is 11.8. The van der Waals surface area contributed by atoms with Crippen molar-refractivity contribution in [3.63, 3.8) is 0 Å². The molecule has 1 atom stereocenters. The van der Waals surface area contributed by atoms with Crippen LogP contribution in [0, 0.1) is 5.41 Å². The molecule has 1 heterocycles. The number of rotatable bonds is 3. The van der Waals surface area contributed by atoms with Crippen LogP contribution in [0.5, 0.6) is 0 Å². The molecule has 0 aromatic heterocycles. The van der Waals surface area contributed by atoms with Crippen LogP contribution >= 0.6 is 0 Å². The molecule has 0 bridgehead atoms. The summed E-state index contributed by atoms with van der Waals surface area (Å²) in [7, 11) is 0. The minimum atomic E-state index is -0.441. The lowest BCUT2D eigenvalue weighted by Gasteiger charge is -2.29. The van der Waals surface area contributed by atoms with Crippen LogP contribution in [-0.2, 0) is 0 Å². The van der Waals surface area contributed by atoms with Gasteiger partial charge in [0, 0.05) is 19.6 Å². The van der Waals surface area contributed by atoms with Gasteiger partial charge in [0.25, 0.3) is 0 Å². The monoisotopic (exact) mass is 185 g/mol. The predicted octanol–water partition coefficient (Wildman–Crippen LogP) is 1.88. The first kappa shape index (κ1) is 11.0. The van der Waals surface area contributed by atoms with Gasteiger partial charge in [-0.15, -0.1) is 0 Å². The molecule has 1 N–H and O–H groups in total. The van der Waals surface area contributed by atoms with Crippen molar-refractivity contribution in [1.29, 1.82) is 0 Å². The smallest absolute Gasteiger partial charge is 0.0758 e. The van der Waals surface area contributed by atoms with E-state index in [0.717, 1.165) is 26.1 Å². The minimum Gasteiger partial charge on any atom is -0.389 e. The summed E-state index contributed by atoms with van der Waals surface area (Å²) in [6.07, 6.45) is 2.12. The fourth-order valence-corrected chi connectivity index (χ4v) is 1.89. The molecule has 0 aromatic rings.